The molecule has 28 heavy (non-hydrogen) atoms. The van der Waals surface area contributed by atoms with Gasteiger partial charge in [-0.3, -0.25) is 0 Å². The number of carboxylic acids is 2. The van der Waals surface area contributed by atoms with Crippen molar-refractivity contribution in [3.8, 4) is 5.75 Å². The Morgan fingerprint density at radius 2 is 1.57 bits per heavy atom. The van der Waals surface area contributed by atoms with Crippen LogP contribution in [0.2, 0.25) is 0 Å². The lowest BCUT2D eigenvalue weighted by Gasteiger charge is -2.21. The molecule has 6 nitrogen and oxygen atoms in total. The molecule has 2 N–H and O–H groups in total. The van der Waals surface area contributed by atoms with Gasteiger partial charge in [0.15, 0.2) is 0 Å². The maximum absolute atomic E-state index is 9.10. The Labute approximate surface area is 170 Å². The minimum Gasteiger partial charge on any atom is -0.493 e. The Balaban J connectivity index is 0.000000568. The van der Waals surface area contributed by atoms with Gasteiger partial charge in [0, 0.05) is 17.4 Å². The number of carboxylic acid groups (broad SMARTS) is 2. The van der Waals surface area contributed by atoms with E-state index in [9.17, 15) is 0 Å². The molecule has 0 amide bonds. The first kappa shape index (κ1) is 23.5. The van der Waals surface area contributed by atoms with Gasteiger partial charge in [-0.25, -0.2) is 9.59 Å². The molecule has 2 aromatic carbocycles. The first-order valence-electron chi connectivity index (χ1n) is 8.73. The van der Waals surface area contributed by atoms with Crippen molar-refractivity contribution in [2.75, 3.05) is 33.5 Å². The van der Waals surface area contributed by atoms with Gasteiger partial charge in [0.05, 0.1) is 6.61 Å². The van der Waals surface area contributed by atoms with E-state index in [0.717, 1.165) is 25.3 Å². The van der Waals surface area contributed by atoms with Gasteiger partial charge >= 0.3 is 11.9 Å². The topological polar surface area (TPSA) is 87.1 Å². The van der Waals surface area contributed by atoms with E-state index < -0.39 is 11.9 Å². The number of hydrogen-bond donors (Lipinski definition) is 2. The molecule has 152 valence electrons. The van der Waals surface area contributed by atoms with Crippen molar-refractivity contribution in [1.82, 2.24) is 4.90 Å². The summed E-state index contributed by atoms with van der Waals surface area (Å²) in [6.07, 6.45) is 3.13. The summed E-state index contributed by atoms with van der Waals surface area (Å²) in [5, 5.41) is 14.8. The molecule has 2 rings (SSSR count). The highest BCUT2D eigenvalue weighted by Gasteiger charge is 2.12. The van der Waals surface area contributed by atoms with Gasteiger partial charge in [-0.2, -0.15) is 0 Å². The number of thioether (sulfide) groups is 1. The lowest BCUT2D eigenvalue weighted by molar-refractivity contribution is -0.159. The van der Waals surface area contributed by atoms with Crippen LogP contribution in [0.15, 0.2) is 59.5 Å². The van der Waals surface area contributed by atoms with E-state index >= 15 is 0 Å². The molecule has 0 aliphatic rings. The fourth-order valence-corrected chi connectivity index (χ4v) is 2.93. The molecule has 1 atom stereocenters. The van der Waals surface area contributed by atoms with Crippen LogP contribution in [0.5, 0.6) is 5.75 Å². The molecule has 1 unspecified atom stereocenters. The lowest BCUT2D eigenvalue weighted by atomic mass is 10.00. The van der Waals surface area contributed by atoms with Crippen molar-refractivity contribution in [2.45, 2.75) is 11.3 Å². The monoisotopic (exact) mass is 405 g/mol. The van der Waals surface area contributed by atoms with Crippen LogP contribution in [0.3, 0.4) is 0 Å². The van der Waals surface area contributed by atoms with E-state index in [-0.39, 0.29) is 0 Å². The number of ether oxygens (including phenoxy) is 1. The van der Waals surface area contributed by atoms with Crippen molar-refractivity contribution in [3.05, 3.63) is 60.2 Å². The standard InChI is InChI=1S/C19H25NOS.C2H2O4/c1-20(2)14-17(13-16-7-5-4-6-8-16)15-21-18-9-11-19(22-3)12-10-18;3-1(4)2(5)6/h4-12,17H,13-15H2,1-3H3;(H,3,4)(H,5,6). The zero-order valence-corrected chi connectivity index (χ0v) is 17.2. The van der Waals surface area contributed by atoms with Crippen LogP contribution in [-0.4, -0.2) is 60.6 Å². The van der Waals surface area contributed by atoms with Crippen molar-refractivity contribution in [3.63, 3.8) is 0 Å². The van der Waals surface area contributed by atoms with Gasteiger partial charge in [0.25, 0.3) is 0 Å². The predicted molar refractivity (Wildman–Crippen MR) is 111 cm³/mol. The third kappa shape index (κ3) is 9.99. The summed E-state index contributed by atoms with van der Waals surface area (Å²) in [4.78, 5) is 21.7. The molecule has 0 saturated carbocycles. The van der Waals surface area contributed by atoms with Crippen LogP contribution in [0.4, 0.5) is 0 Å². The second-order valence-electron chi connectivity index (χ2n) is 6.41. The molecule has 0 saturated heterocycles. The van der Waals surface area contributed by atoms with Crippen LogP contribution in [0.25, 0.3) is 0 Å². The van der Waals surface area contributed by atoms with E-state index in [2.05, 4.69) is 79.8 Å². The fourth-order valence-electron chi connectivity index (χ4n) is 2.53. The second kappa shape index (κ2) is 12.8. The minimum absolute atomic E-state index is 0.484. The SMILES string of the molecule is CSc1ccc(OCC(Cc2ccccc2)CN(C)C)cc1.O=C(O)C(=O)O. The van der Waals surface area contributed by atoms with Gasteiger partial charge in [0.2, 0.25) is 0 Å². The number of rotatable bonds is 8. The zero-order valence-electron chi connectivity index (χ0n) is 16.4. The van der Waals surface area contributed by atoms with E-state index in [1.165, 1.54) is 10.5 Å². The summed E-state index contributed by atoms with van der Waals surface area (Å²) < 4.78 is 6.00. The molecule has 0 spiro atoms. The molecular formula is C21H27NO5S. The summed E-state index contributed by atoms with van der Waals surface area (Å²) in [6.45, 7) is 1.77. The summed E-state index contributed by atoms with van der Waals surface area (Å²) in [5.41, 5.74) is 1.37. The quantitative estimate of drug-likeness (QED) is 0.514. The third-order valence-corrected chi connectivity index (χ3v) is 4.46. The molecule has 7 heteroatoms. The van der Waals surface area contributed by atoms with Crippen LogP contribution in [0, 0.1) is 5.92 Å². The molecule has 2 aromatic rings. The number of carbonyl (C=O) groups is 2. The predicted octanol–water partition coefficient (Wildman–Crippen LogP) is 3.36. The number of nitrogens with zero attached hydrogens (tertiary/aromatic N) is 1. The van der Waals surface area contributed by atoms with Gasteiger partial charge < -0.3 is 19.8 Å². The maximum Gasteiger partial charge on any atom is 0.414 e. The van der Waals surface area contributed by atoms with Crippen LogP contribution in [-0.2, 0) is 16.0 Å². The average Bonchev–Trinajstić information content (AvgIpc) is 2.67. The average molecular weight is 406 g/mol. The molecular weight excluding hydrogens is 378 g/mol. The number of hydrogen-bond acceptors (Lipinski definition) is 5. The molecule has 0 heterocycles. The first-order valence-corrected chi connectivity index (χ1v) is 9.96. The molecule has 0 fully saturated rings. The second-order valence-corrected chi connectivity index (χ2v) is 7.29. The Kier molecular flexibility index (Phi) is 10.8. The van der Waals surface area contributed by atoms with Crippen LogP contribution >= 0.6 is 11.8 Å². The Hall–Kier alpha value is -2.51. The highest BCUT2D eigenvalue weighted by atomic mass is 32.2. The van der Waals surface area contributed by atoms with E-state index in [1.54, 1.807) is 11.8 Å². The smallest absolute Gasteiger partial charge is 0.414 e. The maximum atomic E-state index is 9.10. The number of aliphatic carboxylic acids is 2. The highest BCUT2D eigenvalue weighted by molar-refractivity contribution is 7.98. The molecule has 0 aliphatic carbocycles. The van der Waals surface area contributed by atoms with Crippen molar-refractivity contribution in [1.29, 1.82) is 0 Å². The van der Waals surface area contributed by atoms with Gasteiger partial charge in [-0.1, -0.05) is 30.3 Å². The van der Waals surface area contributed by atoms with Crippen LogP contribution in [0.1, 0.15) is 5.56 Å². The largest absolute Gasteiger partial charge is 0.493 e. The van der Waals surface area contributed by atoms with Crippen molar-refractivity contribution < 1.29 is 24.5 Å². The van der Waals surface area contributed by atoms with Crippen molar-refractivity contribution >= 4 is 23.7 Å². The van der Waals surface area contributed by atoms with E-state index in [1.807, 2.05) is 0 Å². The lowest BCUT2D eigenvalue weighted by Crippen LogP contribution is -2.28. The zero-order chi connectivity index (χ0) is 20.9. The van der Waals surface area contributed by atoms with Crippen LogP contribution < -0.4 is 4.74 Å². The number of benzene rings is 2. The Morgan fingerprint density at radius 3 is 2.04 bits per heavy atom. The van der Waals surface area contributed by atoms with Gasteiger partial charge in [-0.05, 0) is 56.6 Å². The van der Waals surface area contributed by atoms with E-state index in [0.29, 0.717) is 5.92 Å². The molecule has 0 aromatic heterocycles. The van der Waals surface area contributed by atoms with Gasteiger partial charge in [0.1, 0.15) is 5.75 Å². The highest BCUT2D eigenvalue weighted by Crippen LogP contribution is 2.20. The molecule has 0 bridgehead atoms. The summed E-state index contributed by atoms with van der Waals surface area (Å²) in [7, 11) is 4.23. The minimum atomic E-state index is -1.82. The Morgan fingerprint density at radius 1 is 1.00 bits per heavy atom. The van der Waals surface area contributed by atoms with Crippen molar-refractivity contribution in [2.24, 2.45) is 5.92 Å². The van der Waals surface area contributed by atoms with Gasteiger partial charge in [-0.15, -0.1) is 11.8 Å². The normalized spacial score (nSPS) is 11.3. The first-order chi connectivity index (χ1) is 13.3. The Bertz CT molecular complexity index is 707. The fraction of sp³-hybridized carbons (Fsp3) is 0.333. The summed E-state index contributed by atoms with van der Waals surface area (Å²) in [6, 6.07) is 19.0. The summed E-state index contributed by atoms with van der Waals surface area (Å²) >= 11 is 1.75. The summed E-state index contributed by atoms with van der Waals surface area (Å²) in [5.74, 6) is -2.21. The third-order valence-electron chi connectivity index (χ3n) is 3.72. The van der Waals surface area contributed by atoms with E-state index in [4.69, 9.17) is 24.5 Å². The molecule has 0 radical (unpaired) electrons. The molecule has 0 aliphatic heterocycles.